The van der Waals surface area contributed by atoms with Gasteiger partial charge in [-0.1, -0.05) is 17.3 Å². The van der Waals surface area contributed by atoms with E-state index in [2.05, 4.69) is 42.0 Å². The topological polar surface area (TPSA) is 114 Å². The maximum absolute atomic E-state index is 5.27. The van der Waals surface area contributed by atoms with Crippen LogP contribution < -0.4 is 15.4 Å². The maximum Gasteiger partial charge on any atom is 0.224 e. The van der Waals surface area contributed by atoms with E-state index >= 15 is 0 Å². The van der Waals surface area contributed by atoms with Gasteiger partial charge in [-0.15, -0.1) is 0 Å². The highest BCUT2D eigenvalue weighted by Crippen LogP contribution is 2.17. The Morgan fingerprint density at radius 1 is 1.10 bits per heavy atom. The smallest absolute Gasteiger partial charge is 0.224 e. The summed E-state index contributed by atoms with van der Waals surface area (Å²) < 4.78 is 10.5. The molecule has 0 amide bonds. The molecule has 0 saturated carbocycles. The highest BCUT2D eigenvalue weighted by atomic mass is 16.5. The second kappa shape index (κ2) is 9.08. The Kier molecular flexibility index (Phi) is 5.88. The number of hydrogen-bond donors (Lipinski definition) is 3. The van der Waals surface area contributed by atoms with Crippen molar-refractivity contribution in [3.8, 4) is 5.75 Å². The lowest BCUT2D eigenvalue weighted by Gasteiger charge is -2.05. The molecule has 0 spiro atoms. The minimum absolute atomic E-state index is 0.459. The lowest BCUT2D eigenvalue weighted by Crippen LogP contribution is -2.04. The van der Waals surface area contributed by atoms with E-state index in [1.807, 2.05) is 37.3 Å². The average Bonchev–Trinajstić information content (AvgIpc) is 3.40. The summed E-state index contributed by atoms with van der Waals surface area (Å²) in [4.78, 5) is 8.67. The van der Waals surface area contributed by atoms with Crippen molar-refractivity contribution in [1.82, 2.24) is 25.3 Å². The van der Waals surface area contributed by atoms with Crippen molar-refractivity contribution in [2.75, 3.05) is 17.7 Å². The van der Waals surface area contributed by atoms with E-state index in [-0.39, 0.29) is 0 Å². The molecule has 154 valence electrons. The molecule has 1 aromatic carbocycles. The number of aromatic nitrogens is 5. The first-order valence-electron chi connectivity index (χ1n) is 9.61. The Balaban J connectivity index is 1.32. The van der Waals surface area contributed by atoms with E-state index in [0.717, 1.165) is 35.7 Å². The summed E-state index contributed by atoms with van der Waals surface area (Å²) in [5.74, 6) is 3.43. The normalized spacial score (nSPS) is 10.7. The summed E-state index contributed by atoms with van der Waals surface area (Å²) in [6.07, 6.45) is 3.41. The molecule has 9 nitrogen and oxygen atoms in total. The highest BCUT2D eigenvalue weighted by Gasteiger charge is 2.06. The second-order valence-corrected chi connectivity index (χ2v) is 6.81. The van der Waals surface area contributed by atoms with Crippen molar-refractivity contribution in [3.05, 3.63) is 71.4 Å². The Morgan fingerprint density at radius 3 is 2.87 bits per heavy atom. The van der Waals surface area contributed by atoms with Gasteiger partial charge in [0.1, 0.15) is 11.6 Å². The fraction of sp³-hybridized carbons (Fsp3) is 0.238. The van der Waals surface area contributed by atoms with E-state index < -0.39 is 0 Å². The third kappa shape index (κ3) is 5.13. The number of rotatable bonds is 9. The summed E-state index contributed by atoms with van der Waals surface area (Å²) >= 11 is 0. The summed E-state index contributed by atoms with van der Waals surface area (Å²) in [6.45, 7) is 2.34. The predicted molar refractivity (Wildman–Crippen MR) is 113 cm³/mol. The molecule has 0 bridgehead atoms. The Morgan fingerprint density at radius 2 is 2.03 bits per heavy atom. The fourth-order valence-corrected chi connectivity index (χ4v) is 2.97. The van der Waals surface area contributed by atoms with E-state index in [9.17, 15) is 0 Å². The molecular weight excluding hydrogens is 382 g/mol. The minimum atomic E-state index is 0.459. The van der Waals surface area contributed by atoms with E-state index in [1.165, 1.54) is 5.56 Å². The highest BCUT2D eigenvalue weighted by molar-refractivity contribution is 5.53. The summed E-state index contributed by atoms with van der Waals surface area (Å²) in [5.41, 5.74) is 3.09. The second-order valence-electron chi connectivity index (χ2n) is 6.81. The summed E-state index contributed by atoms with van der Waals surface area (Å²) in [6, 6.07) is 13.7. The zero-order valence-electron chi connectivity index (χ0n) is 16.8. The zero-order valence-corrected chi connectivity index (χ0v) is 16.8. The third-order valence-electron chi connectivity index (χ3n) is 4.46. The molecule has 0 fully saturated rings. The van der Waals surface area contributed by atoms with Crippen LogP contribution >= 0.6 is 0 Å². The van der Waals surface area contributed by atoms with Gasteiger partial charge < -0.3 is 19.9 Å². The van der Waals surface area contributed by atoms with E-state index in [0.29, 0.717) is 24.1 Å². The van der Waals surface area contributed by atoms with Crippen molar-refractivity contribution in [2.45, 2.75) is 26.3 Å². The molecule has 0 aliphatic rings. The molecule has 3 aromatic heterocycles. The van der Waals surface area contributed by atoms with Crippen LogP contribution in [0.2, 0.25) is 0 Å². The Labute approximate surface area is 173 Å². The molecule has 0 aliphatic carbocycles. The van der Waals surface area contributed by atoms with Gasteiger partial charge in [0.15, 0.2) is 11.6 Å². The quantitative estimate of drug-likeness (QED) is 0.387. The van der Waals surface area contributed by atoms with Gasteiger partial charge in [-0.05, 0) is 43.5 Å². The van der Waals surface area contributed by atoms with E-state index in [1.54, 1.807) is 19.4 Å². The van der Waals surface area contributed by atoms with Gasteiger partial charge in [0.05, 0.1) is 19.3 Å². The first-order valence-corrected chi connectivity index (χ1v) is 9.61. The average molecular weight is 405 g/mol. The van der Waals surface area contributed by atoms with Crippen LogP contribution in [0.5, 0.6) is 5.75 Å². The number of benzene rings is 1. The number of methoxy groups -OCH3 is 1. The first-order chi connectivity index (χ1) is 14.7. The predicted octanol–water partition coefficient (Wildman–Crippen LogP) is 3.65. The number of nitrogens with one attached hydrogen (secondary N) is 3. The third-order valence-corrected chi connectivity index (χ3v) is 4.46. The molecule has 0 atom stereocenters. The van der Waals surface area contributed by atoms with Gasteiger partial charge in [0.2, 0.25) is 5.95 Å². The van der Waals surface area contributed by atoms with Crippen LogP contribution in [-0.2, 0) is 19.4 Å². The van der Waals surface area contributed by atoms with Crippen molar-refractivity contribution < 1.29 is 9.26 Å². The molecule has 3 heterocycles. The lowest BCUT2D eigenvalue weighted by molar-refractivity contribution is 0.384. The number of hydrogen-bond acceptors (Lipinski definition) is 8. The maximum atomic E-state index is 5.27. The lowest BCUT2D eigenvalue weighted by atomic mass is 10.1. The van der Waals surface area contributed by atoms with Gasteiger partial charge in [0.25, 0.3) is 0 Å². The number of aromatic amines is 1. The zero-order chi connectivity index (χ0) is 20.8. The van der Waals surface area contributed by atoms with Crippen molar-refractivity contribution in [3.63, 3.8) is 0 Å². The Hall–Kier alpha value is -3.88. The van der Waals surface area contributed by atoms with Crippen molar-refractivity contribution in [2.24, 2.45) is 0 Å². The van der Waals surface area contributed by atoms with Gasteiger partial charge in [-0.25, -0.2) is 4.98 Å². The molecule has 0 unspecified atom stereocenters. The van der Waals surface area contributed by atoms with Gasteiger partial charge in [-0.3, -0.25) is 5.10 Å². The van der Waals surface area contributed by atoms with Crippen LogP contribution in [-0.4, -0.2) is 32.4 Å². The van der Waals surface area contributed by atoms with Gasteiger partial charge in [-0.2, -0.15) is 10.1 Å². The number of aryl methyl sites for hydroxylation is 3. The van der Waals surface area contributed by atoms with Crippen LogP contribution in [0.15, 0.2) is 53.2 Å². The number of H-pyrrole nitrogens is 1. The first kappa shape index (κ1) is 19.4. The van der Waals surface area contributed by atoms with Gasteiger partial charge in [0, 0.05) is 24.0 Å². The minimum Gasteiger partial charge on any atom is -0.497 e. The van der Waals surface area contributed by atoms with Crippen LogP contribution in [0.4, 0.5) is 17.6 Å². The molecule has 4 rings (SSSR count). The largest absolute Gasteiger partial charge is 0.497 e. The Bertz CT molecular complexity index is 1110. The SMILES string of the molecule is COc1cccc(CCc2cc(Nc3ccnc(NCc4cc(C)no4)n3)n[nH]2)c1. The molecule has 30 heavy (non-hydrogen) atoms. The monoisotopic (exact) mass is 405 g/mol. The number of anilines is 3. The number of nitrogens with zero attached hydrogens (tertiary/aromatic N) is 4. The van der Waals surface area contributed by atoms with Gasteiger partial charge >= 0.3 is 0 Å². The van der Waals surface area contributed by atoms with Crippen LogP contribution in [0, 0.1) is 6.92 Å². The molecular formula is C21H23N7O2. The van der Waals surface area contributed by atoms with Crippen LogP contribution in [0.1, 0.15) is 22.7 Å². The summed E-state index contributed by atoms with van der Waals surface area (Å²) in [7, 11) is 1.68. The van der Waals surface area contributed by atoms with Crippen LogP contribution in [0.25, 0.3) is 0 Å². The molecule has 4 aromatic rings. The molecule has 0 radical (unpaired) electrons. The van der Waals surface area contributed by atoms with Crippen molar-refractivity contribution in [1.29, 1.82) is 0 Å². The summed E-state index contributed by atoms with van der Waals surface area (Å²) in [5, 5.41) is 17.6. The molecule has 9 heteroatoms. The molecule has 3 N–H and O–H groups in total. The number of ether oxygens (including phenoxy) is 1. The molecule has 0 aliphatic heterocycles. The molecule has 0 saturated heterocycles. The van der Waals surface area contributed by atoms with Crippen molar-refractivity contribution >= 4 is 17.6 Å². The fourth-order valence-electron chi connectivity index (χ4n) is 2.97. The standard InChI is InChI=1S/C21H23N7O2/c1-14-10-18(30-28-14)13-23-21-22-9-8-19(25-21)24-20-12-16(26-27-20)7-6-15-4-3-5-17(11-15)29-2/h3-5,8-12H,6-7,13H2,1-2H3,(H3,22,23,24,25,26,27). The van der Waals surface area contributed by atoms with E-state index in [4.69, 9.17) is 9.26 Å². The van der Waals surface area contributed by atoms with Crippen LogP contribution in [0.3, 0.4) is 0 Å².